The number of carboxylic acids is 1. The number of halogens is 1. The van der Waals surface area contributed by atoms with Gasteiger partial charge in [-0.1, -0.05) is 18.2 Å². The Morgan fingerprint density at radius 1 is 1.44 bits per heavy atom. The summed E-state index contributed by atoms with van der Waals surface area (Å²) in [6.45, 7) is 0.108. The SMILES string of the molecule is Cl.NCC(C(=O)O)c1c[nH]c2ccccc12. The minimum absolute atomic E-state index is 0. The third-order valence-corrected chi connectivity index (χ3v) is 2.53. The predicted molar refractivity (Wildman–Crippen MR) is 65.0 cm³/mol. The van der Waals surface area contributed by atoms with E-state index in [1.54, 1.807) is 6.20 Å². The van der Waals surface area contributed by atoms with Gasteiger partial charge in [0, 0.05) is 23.6 Å². The summed E-state index contributed by atoms with van der Waals surface area (Å²) in [6.07, 6.45) is 1.72. The minimum Gasteiger partial charge on any atom is -0.481 e. The standard InChI is InChI=1S/C11H12N2O2.ClH/c12-5-8(11(14)15)9-6-13-10-4-2-1-3-7(9)10;/h1-4,6,8,13H,5,12H2,(H,14,15);1H. The summed E-state index contributed by atoms with van der Waals surface area (Å²) in [5.74, 6) is -1.52. The molecule has 1 aromatic heterocycles. The number of fused-ring (bicyclic) bond motifs is 1. The summed E-state index contributed by atoms with van der Waals surface area (Å²) in [6, 6.07) is 7.59. The topological polar surface area (TPSA) is 79.1 Å². The predicted octanol–water partition coefficient (Wildman–Crippen LogP) is 1.72. The van der Waals surface area contributed by atoms with Crippen LogP contribution in [0.2, 0.25) is 0 Å². The molecule has 2 rings (SSSR count). The molecule has 1 unspecified atom stereocenters. The number of benzene rings is 1. The molecule has 0 aliphatic carbocycles. The maximum absolute atomic E-state index is 11.0. The van der Waals surface area contributed by atoms with Gasteiger partial charge in [-0.05, 0) is 11.6 Å². The molecule has 0 saturated heterocycles. The maximum Gasteiger partial charge on any atom is 0.312 e. The van der Waals surface area contributed by atoms with Gasteiger partial charge in [-0.2, -0.15) is 0 Å². The second-order valence-corrected chi connectivity index (χ2v) is 3.42. The van der Waals surface area contributed by atoms with Crippen molar-refractivity contribution in [2.24, 2.45) is 5.73 Å². The quantitative estimate of drug-likeness (QED) is 0.764. The summed E-state index contributed by atoms with van der Waals surface area (Å²) in [5, 5.41) is 9.94. The number of nitrogens with two attached hydrogens (primary N) is 1. The smallest absolute Gasteiger partial charge is 0.312 e. The molecule has 4 N–H and O–H groups in total. The van der Waals surface area contributed by atoms with Gasteiger partial charge in [0.25, 0.3) is 0 Å². The molecule has 4 nitrogen and oxygen atoms in total. The lowest BCUT2D eigenvalue weighted by Gasteiger charge is -2.07. The second kappa shape index (κ2) is 5.01. The average Bonchev–Trinajstić information content (AvgIpc) is 2.63. The van der Waals surface area contributed by atoms with E-state index in [1.165, 1.54) is 0 Å². The summed E-state index contributed by atoms with van der Waals surface area (Å²) in [5.41, 5.74) is 7.15. The molecular formula is C11H13ClN2O2. The van der Waals surface area contributed by atoms with Crippen LogP contribution in [0.5, 0.6) is 0 Å². The van der Waals surface area contributed by atoms with Crippen molar-refractivity contribution in [3.63, 3.8) is 0 Å². The minimum atomic E-state index is -0.887. The molecule has 86 valence electrons. The summed E-state index contributed by atoms with van der Waals surface area (Å²) < 4.78 is 0. The van der Waals surface area contributed by atoms with E-state index in [1.807, 2.05) is 24.3 Å². The zero-order valence-corrected chi connectivity index (χ0v) is 9.33. The molecule has 2 aromatic rings. The highest BCUT2D eigenvalue weighted by Crippen LogP contribution is 2.24. The van der Waals surface area contributed by atoms with Crippen molar-refractivity contribution in [1.82, 2.24) is 4.98 Å². The molecule has 0 amide bonds. The van der Waals surface area contributed by atoms with Gasteiger partial charge in [0.2, 0.25) is 0 Å². The fourth-order valence-electron chi connectivity index (χ4n) is 1.74. The molecule has 16 heavy (non-hydrogen) atoms. The van der Waals surface area contributed by atoms with E-state index in [0.29, 0.717) is 0 Å². The van der Waals surface area contributed by atoms with Crippen LogP contribution in [0, 0.1) is 0 Å². The first-order valence-electron chi connectivity index (χ1n) is 4.73. The van der Waals surface area contributed by atoms with Gasteiger partial charge < -0.3 is 15.8 Å². The lowest BCUT2D eigenvalue weighted by Crippen LogP contribution is -2.20. The number of aromatic nitrogens is 1. The van der Waals surface area contributed by atoms with Gasteiger partial charge in [-0.25, -0.2) is 0 Å². The number of carbonyl (C=O) groups is 1. The molecule has 5 heteroatoms. The Labute approximate surface area is 98.9 Å². The summed E-state index contributed by atoms with van der Waals surface area (Å²) in [7, 11) is 0. The highest BCUT2D eigenvalue weighted by Gasteiger charge is 2.20. The van der Waals surface area contributed by atoms with Crippen molar-refractivity contribution in [3.05, 3.63) is 36.0 Å². The third kappa shape index (κ3) is 2.03. The molecular weight excluding hydrogens is 228 g/mol. The van der Waals surface area contributed by atoms with Crippen LogP contribution in [0.4, 0.5) is 0 Å². The number of para-hydroxylation sites is 1. The monoisotopic (exact) mass is 240 g/mol. The van der Waals surface area contributed by atoms with Crippen LogP contribution in [0.15, 0.2) is 30.5 Å². The van der Waals surface area contributed by atoms with Crippen LogP contribution in [0.3, 0.4) is 0 Å². The molecule has 0 bridgehead atoms. The fraction of sp³-hybridized carbons (Fsp3) is 0.182. The number of nitrogens with one attached hydrogen (secondary N) is 1. The summed E-state index contributed by atoms with van der Waals surface area (Å²) in [4.78, 5) is 14.0. The van der Waals surface area contributed by atoms with Crippen molar-refractivity contribution in [2.75, 3.05) is 6.54 Å². The molecule has 1 heterocycles. The number of H-pyrrole nitrogens is 1. The molecule has 0 fully saturated rings. The lowest BCUT2D eigenvalue weighted by atomic mass is 9.99. The number of rotatable bonds is 3. The molecule has 1 atom stereocenters. The first-order valence-corrected chi connectivity index (χ1v) is 4.73. The van der Waals surface area contributed by atoms with Crippen LogP contribution in [0.25, 0.3) is 10.9 Å². The molecule has 0 radical (unpaired) electrons. The van der Waals surface area contributed by atoms with Gasteiger partial charge in [0.05, 0.1) is 5.92 Å². The van der Waals surface area contributed by atoms with Crippen molar-refractivity contribution < 1.29 is 9.90 Å². The van der Waals surface area contributed by atoms with Crippen LogP contribution in [-0.4, -0.2) is 22.6 Å². The highest BCUT2D eigenvalue weighted by molar-refractivity contribution is 5.89. The van der Waals surface area contributed by atoms with E-state index in [-0.39, 0.29) is 19.0 Å². The lowest BCUT2D eigenvalue weighted by molar-refractivity contribution is -0.138. The molecule has 0 aliphatic rings. The van der Waals surface area contributed by atoms with E-state index in [2.05, 4.69) is 4.98 Å². The van der Waals surface area contributed by atoms with E-state index in [9.17, 15) is 4.79 Å². The number of aliphatic carboxylic acids is 1. The van der Waals surface area contributed by atoms with E-state index >= 15 is 0 Å². The molecule has 0 saturated carbocycles. The maximum atomic E-state index is 11.0. The van der Waals surface area contributed by atoms with Gasteiger partial charge >= 0.3 is 5.97 Å². The zero-order valence-electron chi connectivity index (χ0n) is 8.51. The van der Waals surface area contributed by atoms with Crippen molar-refractivity contribution >= 4 is 29.3 Å². The third-order valence-electron chi connectivity index (χ3n) is 2.53. The van der Waals surface area contributed by atoms with Crippen molar-refractivity contribution in [1.29, 1.82) is 0 Å². The number of aromatic amines is 1. The Morgan fingerprint density at radius 3 is 2.75 bits per heavy atom. The van der Waals surface area contributed by atoms with Gasteiger partial charge in [0.15, 0.2) is 0 Å². The average molecular weight is 241 g/mol. The Kier molecular flexibility index (Phi) is 3.93. The Morgan fingerprint density at radius 2 is 2.12 bits per heavy atom. The van der Waals surface area contributed by atoms with Crippen molar-refractivity contribution in [2.45, 2.75) is 5.92 Å². The first kappa shape index (κ1) is 12.5. The van der Waals surface area contributed by atoms with E-state index in [0.717, 1.165) is 16.5 Å². The van der Waals surface area contributed by atoms with Gasteiger partial charge in [0.1, 0.15) is 0 Å². The summed E-state index contributed by atoms with van der Waals surface area (Å²) >= 11 is 0. The van der Waals surface area contributed by atoms with E-state index < -0.39 is 11.9 Å². The zero-order chi connectivity index (χ0) is 10.8. The Balaban J connectivity index is 0.00000128. The normalized spacial score (nSPS) is 12.1. The van der Waals surface area contributed by atoms with Gasteiger partial charge in [-0.15, -0.1) is 12.4 Å². The van der Waals surface area contributed by atoms with Gasteiger partial charge in [-0.3, -0.25) is 4.79 Å². The Bertz CT molecular complexity index is 495. The largest absolute Gasteiger partial charge is 0.481 e. The van der Waals surface area contributed by atoms with Crippen LogP contribution < -0.4 is 5.73 Å². The van der Waals surface area contributed by atoms with Crippen LogP contribution in [0.1, 0.15) is 11.5 Å². The Hall–Kier alpha value is -1.52. The highest BCUT2D eigenvalue weighted by atomic mass is 35.5. The van der Waals surface area contributed by atoms with E-state index in [4.69, 9.17) is 10.8 Å². The van der Waals surface area contributed by atoms with Crippen LogP contribution >= 0.6 is 12.4 Å². The molecule has 0 aliphatic heterocycles. The fourth-order valence-corrected chi connectivity index (χ4v) is 1.74. The van der Waals surface area contributed by atoms with Crippen molar-refractivity contribution in [3.8, 4) is 0 Å². The number of hydrogen-bond donors (Lipinski definition) is 3. The number of hydrogen-bond acceptors (Lipinski definition) is 2. The van der Waals surface area contributed by atoms with Crippen LogP contribution in [-0.2, 0) is 4.79 Å². The second-order valence-electron chi connectivity index (χ2n) is 3.42. The molecule has 0 spiro atoms. The number of carboxylic acid groups (broad SMARTS) is 1. The molecule has 1 aromatic carbocycles. The first-order chi connectivity index (χ1) is 7.24.